The molecule has 0 heterocycles. The van der Waals surface area contributed by atoms with E-state index in [9.17, 15) is 22.8 Å². The van der Waals surface area contributed by atoms with Gasteiger partial charge in [0, 0.05) is 12.6 Å². The molecule has 0 aliphatic carbocycles. The van der Waals surface area contributed by atoms with E-state index >= 15 is 0 Å². The molecule has 0 saturated carbocycles. The monoisotopic (exact) mass is 452 g/mol. The lowest BCUT2D eigenvalue weighted by atomic mass is 10.1. The minimum atomic E-state index is -4.22. The van der Waals surface area contributed by atoms with Crippen molar-refractivity contribution in [3.63, 3.8) is 0 Å². The average Bonchev–Trinajstić information content (AvgIpc) is 2.76. The highest BCUT2D eigenvalue weighted by Crippen LogP contribution is 2.29. The van der Waals surface area contributed by atoms with Crippen LogP contribution >= 0.6 is 0 Å². The molecule has 0 saturated heterocycles. The number of aryl methyl sites for hydroxylation is 2. The molecule has 2 amide bonds. The van der Waals surface area contributed by atoms with E-state index in [4.69, 9.17) is 0 Å². The van der Waals surface area contributed by atoms with Gasteiger partial charge in [0.05, 0.1) is 5.56 Å². The first-order valence-corrected chi connectivity index (χ1v) is 10.7. The Kier molecular flexibility index (Phi) is 15.3. The fraction of sp³-hybridized carbons (Fsp3) is 0.440. The zero-order chi connectivity index (χ0) is 24.4. The van der Waals surface area contributed by atoms with E-state index in [1.165, 1.54) is 17.7 Å². The lowest BCUT2D eigenvalue weighted by molar-refractivity contribution is -0.137. The van der Waals surface area contributed by atoms with Crippen molar-refractivity contribution in [3.8, 4) is 0 Å². The van der Waals surface area contributed by atoms with Crippen LogP contribution in [0.4, 0.5) is 13.2 Å². The predicted molar refractivity (Wildman–Crippen MR) is 123 cm³/mol. The van der Waals surface area contributed by atoms with E-state index in [0.29, 0.717) is 31.3 Å². The molecule has 2 rings (SSSR count). The van der Waals surface area contributed by atoms with Crippen LogP contribution < -0.4 is 10.6 Å². The molecule has 7 heteroatoms. The summed E-state index contributed by atoms with van der Waals surface area (Å²) in [7, 11) is 0. The summed E-state index contributed by atoms with van der Waals surface area (Å²) in [5.74, 6) is 0.833. The second-order valence-electron chi connectivity index (χ2n) is 7.82. The van der Waals surface area contributed by atoms with Gasteiger partial charge >= 0.3 is 6.18 Å². The summed E-state index contributed by atoms with van der Waals surface area (Å²) in [6.07, 6.45) is -0.588. The number of benzene rings is 2. The van der Waals surface area contributed by atoms with E-state index < -0.39 is 11.7 Å². The number of carbonyl (C=O) groups excluding carboxylic acids is 2. The van der Waals surface area contributed by atoms with Crippen LogP contribution in [0, 0.1) is 5.92 Å². The largest absolute Gasteiger partial charge is 0.416 e. The third-order valence-electron chi connectivity index (χ3n) is 4.04. The van der Waals surface area contributed by atoms with E-state index in [2.05, 4.69) is 31.4 Å². The second-order valence-corrected chi connectivity index (χ2v) is 7.82. The van der Waals surface area contributed by atoms with E-state index in [-0.39, 0.29) is 6.04 Å². The lowest BCUT2D eigenvalue weighted by Crippen LogP contribution is -2.37. The topological polar surface area (TPSA) is 58.2 Å². The zero-order valence-corrected chi connectivity index (χ0v) is 19.3. The molecule has 0 spiro atoms. The summed E-state index contributed by atoms with van der Waals surface area (Å²) in [5, 5.41) is 5.25. The maximum absolute atomic E-state index is 12.1. The molecule has 2 N–H and O–H groups in total. The Balaban J connectivity index is 0.000000529. The van der Waals surface area contributed by atoms with Gasteiger partial charge in [-0.15, -0.1) is 0 Å². The normalized spacial score (nSPS) is 11.2. The van der Waals surface area contributed by atoms with Gasteiger partial charge in [-0.3, -0.25) is 9.59 Å². The Hall–Kier alpha value is -2.83. The second kappa shape index (κ2) is 16.8. The molecule has 0 aliphatic rings. The van der Waals surface area contributed by atoms with Gasteiger partial charge in [0.1, 0.15) is 0 Å². The van der Waals surface area contributed by atoms with E-state index in [1.807, 2.05) is 37.3 Å². The van der Waals surface area contributed by atoms with Crippen LogP contribution in [-0.2, 0) is 28.6 Å². The maximum Gasteiger partial charge on any atom is 0.416 e. The summed E-state index contributed by atoms with van der Waals surface area (Å²) < 4.78 is 36.3. The molecule has 178 valence electrons. The fourth-order valence-electron chi connectivity index (χ4n) is 2.48. The first kappa shape index (κ1) is 29.2. The first-order valence-electron chi connectivity index (χ1n) is 10.7. The minimum Gasteiger partial charge on any atom is -0.357 e. The summed E-state index contributed by atoms with van der Waals surface area (Å²) in [6, 6.07) is 15.4. The van der Waals surface area contributed by atoms with Gasteiger partial charge in [-0.2, -0.15) is 13.2 Å². The molecule has 32 heavy (non-hydrogen) atoms. The lowest BCUT2D eigenvalue weighted by Gasteiger charge is -2.15. The summed E-state index contributed by atoms with van der Waals surface area (Å²) in [6.45, 7) is 8.80. The standard InChI is InChI=1S/C12H16N2O2.C9H9F3.C4H10/c15-9-13-8-12(14-10-16)7-6-11-4-2-1-3-5-11;1-2-7-4-3-5-8(6-7)9(10,11)12;1-4(2)3/h1-5,9-10,12H,6-8H2,(H,13,15)(H,14,16);3-6H,2H2,1H3;4H,1-3H3/t12-;;/m0../s1. The SMILES string of the molecule is CC(C)C.CCc1cccc(C(F)(F)F)c1.O=CNC[C@H](CCc1ccccc1)NC=O. The summed E-state index contributed by atoms with van der Waals surface area (Å²) in [5.41, 5.74) is 1.37. The Morgan fingerprint density at radius 3 is 2.00 bits per heavy atom. The third-order valence-corrected chi connectivity index (χ3v) is 4.04. The molecule has 0 fully saturated rings. The number of amides is 2. The molecule has 0 aromatic heterocycles. The first-order chi connectivity index (χ1) is 15.1. The van der Waals surface area contributed by atoms with Crippen molar-refractivity contribution in [3.05, 3.63) is 71.3 Å². The third kappa shape index (κ3) is 15.0. The van der Waals surface area contributed by atoms with Crippen molar-refractivity contribution in [2.75, 3.05) is 6.54 Å². The van der Waals surface area contributed by atoms with Crippen LogP contribution in [0.5, 0.6) is 0 Å². The number of hydrogen-bond donors (Lipinski definition) is 2. The van der Waals surface area contributed by atoms with Crippen molar-refractivity contribution >= 4 is 12.8 Å². The molecule has 2 aromatic rings. The minimum absolute atomic E-state index is 0.0112. The van der Waals surface area contributed by atoms with Gasteiger partial charge in [0.25, 0.3) is 0 Å². The van der Waals surface area contributed by atoms with Gasteiger partial charge in [-0.05, 0) is 42.4 Å². The molecule has 0 unspecified atom stereocenters. The Morgan fingerprint density at radius 2 is 1.50 bits per heavy atom. The van der Waals surface area contributed by atoms with Gasteiger partial charge in [-0.1, -0.05) is 76.2 Å². The average molecular weight is 453 g/mol. The van der Waals surface area contributed by atoms with Crippen LogP contribution in [0.1, 0.15) is 50.8 Å². The predicted octanol–water partition coefficient (Wildman–Crippen LogP) is 5.41. The van der Waals surface area contributed by atoms with E-state index in [0.717, 1.165) is 24.8 Å². The Labute approximate surface area is 189 Å². The highest BCUT2D eigenvalue weighted by molar-refractivity contribution is 5.48. The number of alkyl halides is 3. The fourth-order valence-corrected chi connectivity index (χ4v) is 2.48. The maximum atomic E-state index is 12.1. The summed E-state index contributed by atoms with van der Waals surface area (Å²) >= 11 is 0. The van der Waals surface area contributed by atoms with Crippen molar-refractivity contribution in [1.29, 1.82) is 0 Å². The highest BCUT2D eigenvalue weighted by Gasteiger charge is 2.30. The number of carbonyl (C=O) groups is 2. The number of hydrogen-bond acceptors (Lipinski definition) is 2. The van der Waals surface area contributed by atoms with Crippen LogP contribution in [0.15, 0.2) is 54.6 Å². The van der Waals surface area contributed by atoms with Gasteiger partial charge < -0.3 is 10.6 Å². The zero-order valence-electron chi connectivity index (χ0n) is 19.3. The van der Waals surface area contributed by atoms with Crippen molar-refractivity contribution in [2.45, 2.75) is 59.2 Å². The molecule has 0 aliphatic heterocycles. The molecule has 4 nitrogen and oxygen atoms in total. The van der Waals surface area contributed by atoms with Crippen molar-refractivity contribution in [1.82, 2.24) is 10.6 Å². The highest BCUT2D eigenvalue weighted by atomic mass is 19.4. The van der Waals surface area contributed by atoms with Crippen LogP contribution in [0.3, 0.4) is 0 Å². The van der Waals surface area contributed by atoms with E-state index in [1.54, 1.807) is 6.07 Å². The molecule has 1 atom stereocenters. The van der Waals surface area contributed by atoms with Crippen molar-refractivity contribution < 1.29 is 22.8 Å². The van der Waals surface area contributed by atoms with Crippen LogP contribution in [0.25, 0.3) is 0 Å². The van der Waals surface area contributed by atoms with Crippen molar-refractivity contribution in [2.24, 2.45) is 5.92 Å². The Morgan fingerprint density at radius 1 is 0.906 bits per heavy atom. The molecule has 2 aromatic carbocycles. The number of nitrogens with one attached hydrogen (secondary N) is 2. The van der Waals surface area contributed by atoms with Crippen LogP contribution in [0.2, 0.25) is 0 Å². The van der Waals surface area contributed by atoms with Crippen LogP contribution in [-0.4, -0.2) is 25.4 Å². The Bertz CT molecular complexity index is 748. The van der Waals surface area contributed by atoms with Gasteiger partial charge in [0.2, 0.25) is 12.8 Å². The number of halogens is 3. The van der Waals surface area contributed by atoms with Gasteiger partial charge in [-0.25, -0.2) is 0 Å². The molecular weight excluding hydrogens is 417 g/mol. The smallest absolute Gasteiger partial charge is 0.357 e. The quantitative estimate of drug-likeness (QED) is 0.500. The molecule has 0 radical (unpaired) electrons. The molecule has 0 bridgehead atoms. The summed E-state index contributed by atoms with van der Waals surface area (Å²) in [4.78, 5) is 20.5. The number of rotatable bonds is 9. The van der Waals surface area contributed by atoms with Gasteiger partial charge in [0.15, 0.2) is 0 Å². The molecular formula is C25H35F3N2O2.